The van der Waals surface area contributed by atoms with Crippen LogP contribution in [0.3, 0.4) is 0 Å². The number of amides is 1. The summed E-state index contributed by atoms with van der Waals surface area (Å²) in [5, 5.41) is 11.6. The summed E-state index contributed by atoms with van der Waals surface area (Å²) >= 11 is 5.71. The normalized spacial score (nSPS) is 11.5. The Balaban J connectivity index is 2.68. The second kappa shape index (κ2) is 7.44. The van der Waals surface area contributed by atoms with Crippen LogP contribution in [0.5, 0.6) is 0 Å². The molecule has 1 aromatic rings. The number of hydrogen-bond donors (Lipinski definition) is 2. The number of nitrogens with one attached hydrogen (secondary N) is 1. The molecule has 0 fully saturated rings. The summed E-state index contributed by atoms with van der Waals surface area (Å²) in [6.07, 6.45) is 1.15. The van der Waals surface area contributed by atoms with E-state index in [2.05, 4.69) is 15.0 Å². The predicted octanol–water partition coefficient (Wildman–Crippen LogP) is 0.871. The molecule has 1 aromatic heterocycles. The quantitative estimate of drug-likeness (QED) is 0.755. The average Bonchev–Trinajstić information content (AvgIpc) is 2.42. The van der Waals surface area contributed by atoms with Gasteiger partial charge in [0.1, 0.15) is 11.7 Å². The summed E-state index contributed by atoms with van der Waals surface area (Å²) in [6.45, 7) is 0. The van der Waals surface area contributed by atoms with Crippen LogP contribution in [0, 0.1) is 0 Å². The molecule has 0 radical (unpaired) electrons. The van der Waals surface area contributed by atoms with Crippen molar-refractivity contribution in [2.75, 3.05) is 7.11 Å². The Labute approximate surface area is 119 Å². The van der Waals surface area contributed by atoms with Crippen molar-refractivity contribution in [3.8, 4) is 0 Å². The molecule has 1 unspecified atom stereocenters. The molecular weight excluding hydrogens is 288 g/mol. The highest BCUT2D eigenvalue weighted by atomic mass is 35.5. The zero-order valence-corrected chi connectivity index (χ0v) is 11.4. The number of esters is 1. The molecule has 0 aliphatic heterocycles. The van der Waals surface area contributed by atoms with Gasteiger partial charge < -0.3 is 15.2 Å². The van der Waals surface area contributed by atoms with E-state index in [4.69, 9.17) is 16.7 Å². The van der Waals surface area contributed by atoms with E-state index in [0.29, 0.717) is 5.02 Å². The average molecular weight is 301 g/mol. The van der Waals surface area contributed by atoms with Gasteiger partial charge in [-0.2, -0.15) is 0 Å². The third-order valence-corrected chi connectivity index (χ3v) is 2.66. The molecule has 1 amide bonds. The van der Waals surface area contributed by atoms with Gasteiger partial charge in [0.15, 0.2) is 0 Å². The summed E-state index contributed by atoms with van der Waals surface area (Å²) in [4.78, 5) is 37.6. The number of hydrogen-bond acceptors (Lipinski definition) is 5. The fraction of sp³-hybridized carbons (Fsp3) is 0.333. The molecule has 108 valence electrons. The maximum atomic E-state index is 11.8. The third-order valence-electron chi connectivity index (χ3n) is 2.42. The van der Waals surface area contributed by atoms with Gasteiger partial charge >= 0.3 is 11.9 Å². The first-order valence-electron chi connectivity index (χ1n) is 5.66. The molecule has 0 bridgehead atoms. The lowest BCUT2D eigenvalue weighted by Gasteiger charge is -2.13. The zero-order valence-electron chi connectivity index (χ0n) is 10.6. The zero-order chi connectivity index (χ0) is 15.1. The number of rotatable bonds is 6. The Kier molecular flexibility index (Phi) is 5.92. The first-order valence-corrected chi connectivity index (χ1v) is 6.04. The molecule has 2 N–H and O–H groups in total. The number of aliphatic carboxylic acids is 1. The Morgan fingerprint density at radius 3 is 2.75 bits per heavy atom. The molecule has 1 atom stereocenters. The topological polar surface area (TPSA) is 106 Å². The number of nitrogens with zero attached hydrogens (tertiary/aromatic N) is 1. The largest absolute Gasteiger partial charge is 0.480 e. The third kappa shape index (κ3) is 4.85. The van der Waals surface area contributed by atoms with Gasteiger partial charge in [0.05, 0.1) is 7.11 Å². The molecule has 0 aliphatic carbocycles. The summed E-state index contributed by atoms with van der Waals surface area (Å²) in [7, 11) is 1.20. The number of ether oxygens (including phenoxy) is 1. The maximum absolute atomic E-state index is 11.8. The molecule has 0 saturated heterocycles. The maximum Gasteiger partial charge on any atom is 0.326 e. The van der Waals surface area contributed by atoms with Crippen molar-refractivity contribution in [2.24, 2.45) is 0 Å². The van der Waals surface area contributed by atoms with E-state index in [1.165, 1.54) is 25.4 Å². The number of carbonyl (C=O) groups is 3. The van der Waals surface area contributed by atoms with Crippen LogP contribution in [-0.4, -0.2) is 41.1 Å². The number of halogens is 1. The van der Waals surface area contributed by atoms with Crippen molar-refractivity contribution in [3.05, 3.63) is 29.0 Å². The Morgan fingerprint density at radius 2 is 2.20 bits per heavy atom. The minimum absolute atomic E-state index is 0.00168. The Hall–Kier alpha value is -2.15. The lowest BCUT2D eigenvalue weighted by Crippen LogP contribution is -2.41. The molecule has 0 saturated carbocycles. The first kappa shape index (κ1) is 15.9. The van der Waals surface area contributed by atoms with Crippen molar-refractivity contribution in [1.82, 2.24) is 10.3 Å². The van der Waals surface area contributed by atoms with Crippen LogP contribution in [0.4, 0.5) is 0 Å². The second-order valence-electron chi connectivity index (χ2n) is 3.84. The van der Waals surface area contributed by atoms with E-state index in [-0.39, 0.29) is 18.5 Å². The van der Waals surface area contributed by atoms with Crippen molar-refractivity contribution in [1.29, 1.82) is 0 Å². The molecule has 7 nitrogen and oxygen atoms in total. The fourth-order valence-corrected chi connectivity index (χ4v) is 1.54. The molecule has 1 rings (SSSR count). The van der Waals surface area contributed by atoms with E-state index >= 15 is 0 Å². The van der Waals surface area contributed by atoms with E-state index in [9.17, 15) is 14.4 Å². The van der Waals surface area contributed by atoms with Crippen molar-refractivity contribution < 1.29 is 24.2 Å². The molecule has 0 aromatic carbocycles. The lowest BCUT2D eigenvalue weighted by molar-refractivity contribution is -0.142. The minimum Gasteiger partial charge on any atom is -0.480 e. The molecule has 0 aliphatic rings. The van der Waals surface area contributed by atoms with Gasteiger partial charge in [0.25, 0.3) is 5.91 Å². The van der Waals surface area contributed by atoms with Crippen LogP contribution in [0.15, 0.2) is 18.3 Å². The monoisotopic (exact) mass is 300 g/mol. The summed E-state index contributed by atoms with van der Waals surface area (Å²) in [5.41, 5.74) is 0.00168. The standard InChI is InChI=1S/C12H13ClN2O5/c1-20-10(16)3-2-8(12(18)19)15-11(17)9-6-7(13)4-5-14-9/h4-6,8H,2-3H2,1H3,(H,15,17)(H,18,19). The highest BCUT2D eigenvalue weighted by molar-refractivity contribution is 6.30. The van der Waals surface area contributed by atoms with E-state index in [1.54, 1.807) is 0 Å². The molecular formula is C12H13ClN2O5. The van der Waals surface area contributed by atoms with E-state index < -0.39 is 23.9 Å². The molecule has 1 heterocycles. The van der Waals surface area contributed by atoms with Gasteiger partial charge in [0, 0.05) is 17.6 Å². The smallest absolute Gasteiger partial charge is 0.326 e. The Morgan fingerprint density at radius 1 is 1.50 bits per heavy atom. The summed E-state index contributed by atoms with van der Waals surface area (Å²) < 4.78 is 4.41. The van der Waals surface area contributed by atoms with Gasteiger partial charge in [-0.1, -0.05) is 11.6 Å². The number of carboxylic acids is 1. The second-order valence-corrected chi connectivity index (χ2v) is 4.27. The van der Waals surface area contributed by atoms with Crippen LogP contribution < -0.4 is 5.32 Å². The number of aromatic nitrogens is 1. The van der Waals surface area contributed by atoms with Crippen LogP contribution in [0.1, 0.15) is 23.3 Å². The minimum atomic E-state index is -1.25. The summed E-state index contributed by atoms with van der Waals surface area (Å²) in [6, 6.07) is 1.60. The molecule has 8 heteroatoms. The van der Waals surface area contributed by atoms with Crippen LogP contribution >= 0.6 is 11.6 Å². The van der Waals surface area contributed by atoms with Crippen LogP contribution in [0.25, 0.3) is 0 Å². The van der Waals surface area contributed by atoms with E-state index in [0.717, 1.165) is 0 Å². The van der Waals surface area contributed by atoms with Gasteiger partial charge in [-0.05, 0) is 18.6 Å². The number of pyridine rings is 1. The number of carboxylic acid groups (broad SMARTS) is 1. The highest BCUT2D eigenvalue weighted by Crippen LogP contribution is 2.08. The predicted molar refractivity (Wildman–Crippen MR) is 69.4 cm³/mol. The van der Waals surface area contributed by atoms with Crippen molar-refractivity contribution in [2.45, 2.75) is 18.9 Å². The summed E-state index contributed by atoms with van der Waals surface area (Å²) in [5.74, 6) is -2.47. The van der Waals surface area contributed by atoms with Crippen LogP contribution in [-0.2, 0) is 14.3 Å². The van der Waals surface area contributed by atoms with Gasteiger partial charge in [-0.15, -0.1) is 0 Å². The first-order chi connectivity index (χ1) is 9.43. The van der Waals surface area contributed by atoms with Crippen molar-refractivity contribution >= 4 is 29.4 Å². The molecule has 0 spiro atoms. The van der Waals surface area contributed by atoms with Gasteiger partial charge in [-0.3, -0.25) is 14.6 Å². The van der Waals surface area contributed by atoms with Crippen molar-refractivity contribution in [3.63, 3.8) is 0 Å². The van der Waals surface area contributed by atoms with E-state index in [1.807, 2.05) is 0 Å². The number of methoxy groups -OCH3 is 1. The fourth-order valence-electron chi connectivity index (χ4n) is 1.38. The molecule has 20 heavy (non-hydrogen) atoms. The van der Waals surface area contributed by atoms with Crippen LogP contribution in [0.2, 0.25) is 5.02 Å². The van der Waals surface area contributed by atoms with Gasteiger partial charge in [0.2, 0.25) is 0 Å². The number of carbonyl (C=O) groups excluding carboxylic acids is 2. The van der Waals surface area contributed by atoms with Gasteiger partial charge in [-0.25, -0.2) is 4.79 Å². The lowest BCUT2D eigenvalue weighted by atomic mass is 10.1. The SMILES string of the molecule is COC(=O)CCC(NC(=O)c1cc(Cl)ccn1)C(=O)O. The highest BCUT2D eigenvalue weighted by Gasteiger charge is 2.22. The Bertz CT molecular complexity index is 520.